The molecule has 0 radical (unpaired) electrons. The second-order valence-corrected chi connectivity index (χ2v) is 8.54. The van der Waals surface area contributed by atoms with Crippen molar-refractivity contribution in [1.82, 2.24) is 20.1 Å². The minimum absolute atomic E-state index is 0.0918. The van der Waals surface area contributed by atoms with Crippen LogP contribution in [0, 0.1) is 5.92 Å². The van der Waals surface area contributed by atoms with Gasteiger partial charge in [0.15, 0.2) is 5.69 Å². The van der Waals surface area contributed by atoms with Gasteiger partial charge < -0.3 is 10.2 Å². The predicted octanol–water partition coefficient (Wildman–Crippen LogP) is 4.43. The largest absolute Gasteiger partial charge is 0.371 e. The zero-order valence-electron chi connectivity index (χ0n) is 18.4. The van der Waals surface area contributed by atoms with Gasteiger partial charge in [-0.15, -0.1) is 0 Å². The lowest BCUT2D eigenvalue weighted by atomic mass is 9.93. The summed E-state index contributed by atoms with van der Waals surface area (Å²) in [6, 6.07) is 16.0. The number of benzene rings is 1. The zero-order valence-corrected chi connectivity index (χ0v) is 18.4. The zero-order chi connectivity index (χ0) is 21.6. The summed E-state index contributed by atoms with van der Waals surface area (Å²) in [5.74, 6) is 0.831. The fourth-order valence-corrected chi connectivity index (χ4v) is 4.21. The molecule has 1 aliphatic heterocycles. The van der Waals surface area contributed by atoms with Gasteiger partial charge in [-0.2, -0.15) is 5.10 Å². The fraction of sp³-hybridized carbons (Fsp3) is 0.400. The minimum atomic E-state index is -0.0918. The van der Waals surface area contributed by atoms with Gasteiger partial charge in [0.05, 0.1) is 5.69 Å². The maximum absolute atomic E-state index is 12.7. The van der Waals surface area contributed by atoms with Gasteiger partial charge in [-0.25, -0.2) is 4.68 Å². The monoisotopic (exact) mass is 417 g/mol. The van der Waals surface area contributed by atoms with Crippen molar-refractivity contribution < 1.29 is 4.79 Å². The number of aromatic nitrogens is 3. The third-order valence-corrected chi connectivity index (χ3v) is 6.04. The molecule has 0 atom stereocenters. The van der Waals surface area contributed by atoms with Gasteiger partial charge in [0.2, 0.25) is 0 Å². The van der Waals surface area contributed by atoms with Crippen molar-refractivity contribution in [1.29, 1.82) is 0 Å². The van der Waals surface area contributed by atoms with Crippen molar-refractivity contribution in [2.75, 3.05) is 24.5 Å². The highest BCUT2D eigenvalue weighted by Gasteiger charge is 2.21. The second-order valence-electron chi connectivity index (χ2n) is 8.54. The quantitative estimate of drug-likeness (QED) is 0.618. The third-order valence-electron chi connectivity index (χ3n) is 6.04. The molecule has 1 fully saturated rings. The molecule has 0 unspecified atom stereocenters. The number of amides is 1. The van der Waals surface area contributed by atoms with Crippen LogP contribution in [0.2, 0.25) is 0 Å². The Balaban J connectivity index is 1.30. The van der Waals surface area contributed by atoms with Gasteiger partial charge in [-0.1, -0.05) is 32.0 Å². The molecule has 4 rings (SSSR count). The average molecular weight is 418 g/mol. The third kappa shape index (κ3) is 5.13. The first kappa shape index (κ1) is 21.1. The number of carbonyl (C=O) groups excluding carboxylic acids is 1. The summed E-state index contributed by atoms with van der Waals surface area (Å²) in [5.41, 5.74) is 3.75. The Labute approximate surface area is 184 Å². The summed E-state index contributed by atoms with van der Waals surface area (Å²) in [5, 5.41) is 7.69. The van der Waals surface area contributed by atoms with E-state index in [1.807, 2.05) is 53.5 Å². The number of piperidine rings is 1. The van der Waals surface area contributed by atoms with Crippen molar-refractivity contribution in [3.05, 3.63) is 72.3 Å². The molecule has 0 aliphatic carbocycles. The van der Waals surface area contributed by atoms with E-state index in [1.54, 1.807) is 0 Å². The molecule has 1 saturated heterocycles. The van der Waals surface area contributed by atoms with Crippen molar-refractivity contribution in [3.63, 3.8) is 0 Å². The Hall–Kier alpha value is -3.15. The van der Waals surface area contributed by atoms with E-state index in [2.05, 4.69) is 46.3 Å². The number of nitrogens with one attached hydrogen (secondary N) is 1. The SMILES string of the molecule is CC(C)c1cc(C(=O)NCCC2CCN(c3ccncc3)CC2)nn1-c1ccccc1. The second kappa shape index (κ2) is 9.77. The number of pyridine rings is 1. The Morgan fingerprint density at radius 1 is 1.06 bits per heavy atom. The van der Waals surface area contributed by atoms with E-state index in [9.17, 15) is 4.79 Å². The molecule has 1 N–H and O–H groups in total. The average Bonchev–Trinajstić information content (AvgIpc) is 3.27. The number of nitrogens with zero attached hydrogens (tertiary/aromatic N) is 4. The molecule has 3 aromatic rings. The first-order valence-corrected chi connectivity index (χ1v) is 11.2. The first-order valence-electron chi connectivity index (χ1n) is 11.2. The van der Waals surface area contributed by atoms with Gasteiger partial charge in [0.1, 0.15) is 0 Å². The van der Waals surface area contributed by atoms with Crippen LogP contribution in [0.5, 0.6) is 0 Å². The van der Waals surface area contributed by atoms with Crippen LogP contribution in [-0.2, 0) is 0 Å². The summed E-state index contributed by atoms with van der Waals surface area (Å²) >= 11 is 0. The molecule has 0 spiro atoms. The normalized spacial score (nSPS) is 14.7. The predicted molar refractivity (Wildman–Crippen MR) is 124 cm³/mol. The van der Waals surface area contributed by atoms with E-state index in [0.717, 1.165) is 43.7 Å². The van der Waals surface area contributed by atoms with Crippen LogP contribution < -0.4 is 10.2 Å². The molecule has 1 aliphatic rings. The molecule has 6 heteroatoms. The highest BCUT2D eigenvalue weighted by atomic mass is 16.1. The molecule has 3 heterocycles. The van der Waals surface area contributed by atoms with Crippen LogP contribution in [0.4, 0.5) is 5.69 Å². The molecule has 162 valence electrons. The summed E-state index contributed by atoms with van der Waals surface area (Å²) in [4.78, 5) is 19.3. The molecular formula is C25H31N5O. The summed E-state index contributed by atoms with van der Waals surface area (Å²) in [6.07, 6.45) is 7.00. The van der Waals surface area contributed by atoms with Crippen molar-refractivity contribution in [2.24, 2.45) is 5.92 Å². The van der Waals surface area contributed by atoms with Crippen LogP contribution >= 0.6 is 0 Å². The van der Waals surface area contributed by atoms with E-state index in [1.165, 1.54) is 5.69 Å². The van der Waals surface area contributed by atoms with Gasteiger partial charge in [0.25, 0.3) is 5.91 Å². The van der Waals surface area contributed by atoms with Crippen molar-refractivity contribution in [3.8, 4) is 5.69 Å². The lowest BCUT2D eigenvalue weighted by Crippen LogP contribution is -2.35. The summed E-state index contributed by atoms with van der Waals surface area (Å²) < 4.78 is 1.88. The Morgan fingerprint density at radius 3 is 2.45 bits per heavy atom. The molecule has 2 aromatic heterocycles. The lowest BCUT2D eigenvalue weighted by Gasteiger charge is -2.33. The van der Waals surface area contributed by atoms with Crippen LogP contribution in [0.15, 0.2) is 60.9 Å². The van der Waals surface area contributed by atoms with Crippen LogP contribution in [-0.4, -0.2) is 40.3 Å². The highest BCUT2D eigenvalue weighted by Crippen LogP contribution is 2.24. The Morgan fingerprint density at radius 2 is 1.77 bits per heavy atom. The van der Waals surface area contributed by atoms with E-state index in [0.29, 0.717) is 18.2 Å². The van der Waals surface area contributed by atoms with E-state index in [4.69, 9.17) is 0 Å². The number of rotatable bonds is 7. The molecule has 0 saturated carbocycles. The summed E-state index contributed by atoms with van der Waals surface area (Å²) in [7, 11) is 0. The maximum atomic E-state index is 12.7. The van der Waals surface area contributed by atoms with E-state index >= 15 is 0 Å². The highest BCUT2D eigenvalue weighted by molar-refractivity contribution is 5.92. The van der Waals surface area contributed by atoms with Gasteiger partial charge in [-0.05, 0) is 61.4 Å². The molecule has 0 bridgehead atoms. The van der Waals surface area contributed by atoms with Crippen LogP contribution in [0.25, 0.3) is 5.69 Å². The van der Waals surface area contributed by atoms with Gasteiger partial charge in [0, 0.05) is 43.4 Å². The van der Waals surface area contributed by atoms with E-state index < -0.39 is 0 Å². The van der Waals surface area contributed by atoms with E-state index in [-0.39, 0.29) is 11.8 Å². The molecule has 6 nitrogen and oxygen atoms in total. The fourth-order valence-electron chi connectivity index (χ4n) is 4.21. The summed E-state index contributed by atoms with van der Waals surface area (Å²) in [6.45, 7) is 7.05. The van der Waals surface area contributed by atoms with Gasteiger partial charge in [-0.3, -0.25) is 9.78 Å². The smallest absolute Gasteiger partial charge is 0.271 e. The maximum Gasteiger partial charge on any atom is 0.271 e. The number of anilines is 1. The van der Waals surface area contributed by atoms with Crippen molar-refractivity contribution >= 4 is 11.6 Å². The standard InChI is InChI=1S/C25H31N5O/c1-19(2)24-18-23(28-30(24)22-6-4-3-5-7-22)25(31)27-15-8-20-11-16-29(17-12-20)21-9-13-26-14-10-21/h3-7,9-10,13-14,18-20H,8,11-12,15-17H2,1-2H3,(H,27,31). The Kier molecular flexibility index (Phi) is 6.65. The topological polar surface area (TPSA) is 63.1 Å². The Bertz CT molecular complexity index is 976. The van der Waals surface area contributed by atoms with Crippen LogP contribution in [0.1, 0.15) is 55.2 Å². The number of hydrogen-bond acceptors (Lipinski definition) is 4. The minimum Gasteiger partial charge on any atom is -0.371 e. The molecule has 1 aromatic carbocycles. The lowest BCUT2D eigenvalue weighted by molar-refractivity contribution is 0.0945. The molecular weight excluding hydrogens is 386 g/mol. The van der Waals surface area contributed by atoms with Crippen molar-refractivity contribution in [2.45, 2.75) is 39.0 Å². The van der Waals surface area contributed by atoms with Gasteiger partial charge >= 0.3 is 0 Å². The molecule has 31 heavy (non-hydrogen) atoms. The number of para-hydroxylation sites is 1. The number of hydrogen-bond donors (Lipinski definition) is 1. The first-order chi connectivity index (χ1) is 15.1. The van der Waals surface area contributed by atoms with Crippen LogP contribution in [0.3, 0.4) is 0 Å². The number of carbonyl (C=O) groups is 1. The molecule has 1 amide bonds.